The monoisotopic (exact) mass is 325 g/mol. The molecule has 0 unspecified atom stereocenters. The number of nitrogens with zero attached hydrogens (tertiary/aromatic N) is 2. The Morgan fingerprint density at radius 1 is 1.38 bits per heavy atom. The van der Waals surface area contributed by atoms with Crippen LogP contribution in [0.2, 0.25) is 5.02 Å². The van der Waals surface area contributed by atoms with Crippen LogP contribution >= 0.6 is 23.4 Å². The smallest absolute Gasteiger partial charge is 0.344 e. The fourth-order valence-corrected chi connectivity index (χ4v) is 3.04. The SMILES string of the molecule is O=c1[nH]nc(SCCCOc2ccc(Cl)cc2)n1C1CC1. The summed E-state index contributed by atoms with van der Waals surface area (Å²) in [5.74, 6) is 1.68. The highest BCUT2D eigenvalue weighted by atomic mass is 35.5. The van der Waals surface area contributed by atoms with Gasteiger partial charge in [-0.15, -0.1) is 5.10 Å². The van der Waals surface area contributed by atoms with E-state index in [1.54, 1.807) is 16.3 Å². The van der Waals surface area contributed by atoms with Gasteiger partial charge in [-0.3, -0.25) is 4.57 Å². The number of nitrogens with one attached hydrogen (secondary N) is 1. The quantitative estimate of drug-likeness (QED) is 0.627. The molecular weight excluding hydrogens is 310 g/mol. The van der Waals surface area contributed by atoms with Crippen LogP contribution in [0.1, 0.15) is 25.3 Å². The first-order valence-electron chi connectivity index (χ1n) is 6.92. The van der Waals surface area contributed by atoms with Crippen molar-refractivity contribution >= 4 is 23.4 Å². The van der Waals surface area contributed by atoms with Crippen molar-refractivity contribution < 1.29 is 4.74 Å². The molecule has 1 aliphatic carbocycles. The molecule has 0 spiro atoms. The minimum atomic E-state index is -0.0996. The lowest BCUT2D eigenvalue weighted by molar-refractivity contribution is 0.318. The van der Waals surface area contributed by atoms with E-state index in [1.807, 2.05) is 24.3 Å². The molecule has 1 N–H and O–H groups in total. The largest absolute Gasteiger partial charge is 0.494 e. The molecule has 1 aromatic carbocycles. The Balaban J connectivity index is 1.42. The molecule has 0 atom stereocenters. The van der Waals surface area contributed by atoms with Crippen LogP contribution in [-0.4, -0.2) is 27.1 Å². The molecule has 2 aromatic rings. The van der Waals surface area contributed by atoms with Gasteiger partial charge < -0.3 is 4.74 Å². The molecular formula is C14H16ClN3O2S. The van der Waals surface area contributed by atoms with Crippen molar-refractivity contribution in [3.63, 3.8) is 0 Å². The normalized spacial score (nSPS) is 14.3. The molecule has 0 aliphatic heterocycles. The maximum Gasteiger partial charge on any atom is 0.344 e. The van der Waals surface area contributed by atoms with Gasteiger partial charge in [-0.2, -0.15) is 0 Å². The van der Waals surface area contributed by atoms with Crippen molar-refractivity contribution in [2.75, 3.05) is 12.4 Å². The number of aromatic amines is 1. The second-order valence-corrected chi connectivity index (χ2v) is 6.42. The summed E-state index contributed by atoms with van der Waals surface area (Å²) in [6.45, 7) is 0.632. The highest BCUT2D eigenvalue weighted by Crippen LogP contribution is 2.36. The molecule has 0 bridgehead atoms. The number of hydrogen-bond acceptors (Lipinski definition) is 4. The zero-order valence-electron chi connectivity index (χ0n) is 11.4. The van der Waals surface area contributed by atoms with Gasteiger partial charge in [0.15, 0.2) is 5.16 Å². The maximum absolute atomic E-state index is 11.6. The van der Waals surface area contributed by atoms with Crippen LogP contribution in [0.25, 0.3) is 0 Å². The highest BCUT2D eigenvalue weighted by molar-refractivity contribution is 7.99. The Labute approximate surface area is 131 Å². The summed E-state index contributed by atoms with van der Waals surface area (Å²) in [6.07, 6.45) is 3.04. The molecule has 0 saturated heterocycles. The van der Waals surface area contributed by atoms with Gasteiger partial charge in [0.25, 0.3) is 0 Å². The number of hydrogen-bond donors (Lipinski definition) is 1. The average molecular weight is 326 g/mol. The summed E-state index contributed by atoms with van der Waals surface area (Å²) in [5.41, 5.74) is -0.0996. The fourth-order valence-electron chi connectivity index (χ4n) is 1.99. The van der Waals surface area contributed by atoms with Crippen LogP contribution in [-0.2, 0) is 0 Å². The molecule has 0 amide bonds. The van der Waals surface area contributed by atoms with Crippen molar-refractivity contribution in [1.29, 1.82) is 0 Å². The van der Waals surface area contributed by atoms with Gasteiger partial charge in [-0.25, -0.2) is 9.89 Å². The number of benzene rings is 1. The summed E-state index contributed by atoms with van der Waals surface area (Å²) in [4.78, 5) is 11.6. The zero-order chi connectivity index (χ0) is 14.7. The summed E-state index contributed by atoms with van der Waals surface area (Å²) >= 11 is 7.41. The lowest BCUT2D eigenvalue weighted by atomic mass is 10.3. The van der Waals surface area contributed by atoms with E-state index in [0.717, 1.165) is 35.9 Å². The third-order valence-electron chi connectivity index (χ3n) is 3.19. The predicted octanol–water partition coefficient (Wildman–Crippen LogP) is 3.12. The van der Waals surface area contributed by atoms with Crippen molar-refractivity contribution in [1.82, 2.24) is 14.8 Å². The lowest BCUT2D eigenvalue weighted by Crippen LogP contribution is -2.16. The van der Waals surface area contributed by atoms with Gasteiger partial charge in [0.1, 0.15) is 5.75 Å². The molecule has 1 aromatic heterocycles. The molecule has 1 aliphatic rings. The number of ether oxygens (including phenoxy) is 1. The van der Waals surface area contributed by atoms with E-state index in [4.69, 9.17) is 16.3 Å². The number of aromatic nitrogens is 3. The number of H-pyrrole nitrogens is 1. The maximum atomic E-state index is 11.6. The molecule has 0 radical (unpaired) electrons. The molecule has 7 heteroatoms. The van der Waals surface area contributed by atoms with E-state index >= 15 is 0 Å². The van der Waals surface area contributed by atoms with E-state index in [2.05, 4.69) is 10.2 Å². The molecule has 112 valence electrons. The Morgan fingerprint density at radius 2 is 2.14 bits per heavy atom. The van der Waals surface area contributed by atoms with Gasteiger partial charge in [0, 0.05) is 16.8 Å². The van der Waals surface area contributed by atoms with Crippen molar-refractivity contribution in [2.45, 2.75) is 30.5 Å². The molecule has 3 rings (SSSR count). The minimum absolute atomic E-state index is 0.0996. The molecule has 5 nitrogen and oxygen atoms in total. The summed E-state index contributed by atoms with van der Waals surface area (Å²) in [5, 5.41) is 8.09. The van der Waals surface area contributed by atoms with Gasteiger partial charge in [0.05, 0.1) is 6.61 Å². The van der Waals surface area contributed by atoms with Gasteiger partial charge >= 0.3 is 5.69 Å². The van der Waals surface area contributed by atoms with Crippen LogP contribution in [0.4, 0.5) is 0 Å². The van der Waals surface area contributed by atoms with Crippen LogP contribution in [0.3, 0.4) is 0 Å². The van der Waals surface area contributed by atoms with Crippen LogP contribution in [0.15, 0.2) is 34.2 Å². The number of rotatable bonds is 7. The first kappa shape index (κ1) is 14.5. The van der Waals surface area contributed by atoms with Gasteiger partial charge in [0.2, 0.25) is 0 Å². The second-order valence-electron chi connectivity index (χ2n) is 4.92. The van der Waals surface area contributed by atoms with E-state index in [9.17, 15) is 4.79 Å². The topological polar surface area (TPSA) is 59.9 Å². The Morgan fingerprint density at radius 3 is 2.86 bits per heavy atom. The molecule has 21 heavy (non-hydrogen) atoms. The lowest BCUT2D eigenvalue weighted by Gasteiger charge is -2.06. The van der Waals surface area contributed by atoms with E-state index in [-0.39, 0.29) is 5.69 Å². The Kier molecular flexibility index (Phi) is 4.55. The summed E-state index contributed by atoms with van der Waals surface area (Å²) in [6, 6.07) is 7.68. The van der Waals surface area contributed by atoms with Crippen LogP contribution in [0, 0.1) is 0 Å². The number of halogens is 1. The van der Waals surface area contributed by atoms with E-state index in [1.165, 1.54) is 0 Å². The highest BCUT2D eigenvalue weighted by Gasteiger charge is 2.28. The third-order valence-corrected chi connectivity index (χ3v) is 4.48. The molecule has 1 saturated carbocycles. The van der Waals surface area contributed by atoms with Crippen LogP contribution < -0.4 is 10.4 Å². The van der Waals surface area contributed by atoms with Gasteiger partial charge in [-0.1, -0.05) is 23.4 Å². The zero-order valence-corrected chi connectivity index (χ0v) is 13.0. The standard InChI is InChI=1S/C14H16ClN3O2S/c15-10-2-6-12(7-3-10)20-8-1-9-21-14-17-16-13(19)18(14)11-4-5-11/h2-3,6-7,11H,1,4-5,8-9H2,(H,16,19). The number of thioether (sulfide) groups is 1. The Bertz CT molecular complexity index is 649. The second kappa shape index (κ2) is 6.58. The van der Waals surface area contributed by atoms with Crippen LogP contribution in [0.5, 0.6) is 5.75 Å². The van der Waals surface area contributed by atoms with Gasteiger partial charge in [-0.05, 0) is 43.5 Å². The molecule has 1 heterocycles. The van der Waals surface area contributed by atoms with Crippen molar-refractivity contribution in [3.8, 4) is 5.75 Å². The Hall–Kier alpha value is -1.40. The first-order valence-corrected chi connectivity index (χ1v) is 8.28. The van der Waals surface area contributed by atoms with Crippen molar-refractivity contribution in [3.05, 3.63) is 39.8 Å². The predicted molar refractivity (Wildman–Crippen MR) is 83.4 cm³/mol. The van der Waals surface area contributed by atoms with E-state index < -0.39 is 0 Å². The first-order chi connectivity index (χ1) is 10.2. The van der Waals surface area contributed by atoms with E-state index in [0.29, 0.717) is 17.7 Å². The molecule has 1 fully saturated rings. The minimum Gasteiger partial charge on any atom is -0.494 e. The fraction of sp³-hybridized carbons (Fsp3) is 0.429. The summed E-state index contributed by atoms with van der Waals surface area (Å²) < 4.78 is 7.39. The van der Waals surface area contributed by atoms with Crippen molar-refractivity contribution in [2.24, 2.45) is 0 Å². The summed E-state index contributed by atoms with van der Waals surface area (Å²) in [7, 11) is 0. The average Bonchev–Trinajstić information content (AvgIpc) is 3.25. The third kappa shape index (κ3) is 3.83.